The molecule has 0 atom stereocenters. The first-order valence-electron chi connectivity index (χ1n) is 8.79. The summed E-state index contributed by atoms with van der Waals surface area (Å²) >= 11 is 0. The van der Waals surface area contributed by atoms with E-state index < -0.39 is 0 Å². The van der Waals surface area contributed by atoms with Gasteiger partial charge >= 0.3 is 0 Å². The molecule has 23 heavy (non-hydrogen) atoms. The van der Waals surface area contributed by atoms with Gasteiger partial charge in [-0.1, -0.05) is 56.0 Å². The second kappa shape index (κ2) is 10.7. The SMILES string of the molecule is Cl.NCCCCCCC(=O)NCC1(c2ccccc2)CCCC1. The molecule has 1 fully saturated rings. The fourth-order valence-corrected chi connectivity index (χ4v) is 3.55. The second-order valence-electron chi connectivity index (χ2n) is 6.58. The zero-order valence-electron chi connectivity index (χ0n) is 14.1. The largest absolute Gasteiger partial charge is 0.355 e. The van der Waals surface area contributed by atoms with E-state index in [1.54, 1.807) is 0 Å². The molecule has 4 heteroatoms. The molecule has 0 radical (unpaired) electrons. The molecule has 0 bridgehead atoms. The van der Waals surface area contributed by atoms with Gasteiger partial charge in [0.05, 0.1) is 0 Å². The Morgan fingerprint density at radius 1 is 1.04 bits per heavy atom. The topological polar surface area (TPSA) is 55.1 Å². The summed E-state index contributed by atoms with van der Waals surface area (Å²) < 4.78 is 0. The number of halogens is 1. The Balaban J connectivity index is 0.00000264. The number of amides is 1. The molecule has 0 heterocycles. The van der Waals surface area contributed by atoms with Crippen LogP contribution in [0, 0.1) is 0 Å². The molecule has 1 aromatic rings. The van der Waals surface area contributed by atoms with Crippen molar-refractivity contribution in [1.29, 1.82) is 0 Å². The Morgan fingerprint density at radius 3 is 2.35 bits per heavy atom. The van der Waals surface area contributed by atoms with Crippen LogP contribution in [0.3, 0.4) is 0 Å². The number of carbonyl (C=O) groups excluding carboxylic acids is 1. The number of carbonyl (C=O) groups is 1. The van der Waals surface area contributed by atoms with E-state index in [2.05, 4.69) is 35.6 Å². The predicted molar refractivity (Wildman–Crippen MR) is 99.0 cm³/mol. The molecule has 3 nitrogen and oxygen atoms in total. The van der Waals surface area contributed by atoms with Gasteiger partial charge in [-0.2, -0.15) is 0 Å². The summed E-state index contributed by atoms with van der Waals surface area (Å²) in [5.41, 5.74) is 7.03. The van der Waals surface area contributed by atoms with Gasteiger partial charge in [-0.3, -0.25) is 4.79 Å². The minimum absolute atomic E-state index is 0. The van der Waals surface area contributed by atoms with Crippen LogP contribution in [0.15, 0.2) is 30.3 Å². The Hall–Kier alpha value is -1.06. The number of hydrogen-bond donors (Lipinski definition) is 2. The van der Waals surface area contributed by atoms with Crippen LogP contribution in [0.5, 0.6) is 0 Å². The predicted octanol–water partition coefficient (Wildman–Crippen LogP) is 3.95. The number of rotatable bonds is 9. The lowest BCUT2D eigenvalue weighted by Crippen LogP contribution is -2.38. The molecule has 1 amide bonds. The van der Waals surface area contributed by atoms with Crippen LogP contribution >= 0.6 is 12.4 Å². The van der Waals surface area contributed by atoms with E-state index in [9.17, 15) is 4.79 Å². The van der Waals surface area contributed by atoms with Gasteiger partial charge < -0.3 is 11.1 Å². The van der Waals surface area contributed by atoms with Gasteiger partial charge in [0.25, 0.3) is 0 Å². The van der Waals surface area contributed by atoms with Gasteiger partial charge in [0, 0.05) is 18.4 Å². The third kappa shape index (κ3) is 6.15. The molecule has 0 unspecified atom stereocenters. The average molecular weight is 339 g/mol. The minimum Gasteiger partial charge on any atom is -0.355 e. The summed E-state index contributed by atoms with van der Waals surface area (Å²) in [7, 11) is 0. The van der Waals surface area contributed by atoms with Crippen LogP contribution in [-0.4, -0.2) is 19.0 Å². The summed E-state index contributed by atoms with van der Waals surface area (Å²) in [5.74, 6) is 0.204. The molecule has 1 aliphatic carbocycles. The molecule has 0 saturated heterocycles. The average Bonchev–Trinajstić information content (AvgIpc) is 3.04. The van der Waals surface area contributed by atoms with Gasteiger partial charge in [0.1, 0.15) is 0 Å². The van der Waals surface area contributed by atoms with Crippen LogP contribution in [0.25, 0.3) is 0 Å². The van der Waals surface area contributed by atoms with Crippen LogP contribution in [0.1, 0.15) is 63.4 Å². The molecular weight excluding hydrogens is 308 g/mol. The van der Waals surface area contributed by atoms with E-state index in [1.807, 2.05) is 0 Å². The number of benzene rings is 1. The lowest BCUT2D eigenvalue weighted by molar-refractivity contribution is -0.121. The van der Waals surface area contributed by atoms with Crippen molar-refractivity contribution in [2.24, 2.45) is 5.73 Å². The summed E-state index contributed by atoms with van der Waals surface area (Å²) in [6.45, 7) is 1.55. The Morgan fingerprint density at radius 2 is 1.70 bits per heavy atom. The summed E-state index contributed by atoms with van der Waals surface area (Å²) in [5, 5.41) is 3.19. The van der Waals surface area contributed by atoms with Gasteiger partial charge in [-0.15, -0.1) is 12.4 Å². The Bertz CT molecular complexity index is 444. The number of unbranched alkanes of at least 4 members (excludes halogenated alkanes) is 3. The number of nitrogens with one attached hydrogen (secondary N) is 1. The smallest absolute Gasteiger partial charge is 0.220 e. The van der Waals surface area contributed by atoms with Gasteiger partial charge in [-0.25, -0.2) is 0 Å². The van der Waals surface area contributed by atoms with Crippen LogP contribution in [0.2, 0.25) is 0 Å². The summed E-state index contributed by atoms with van der Waals surface area (Å²) in [6.07, 6.45) is 9.85. The molecule has 0 aliphatic heterocycles. The van der Waals surface area contributed by atoms with Crippen molar-refractivity contribution in [3.63, 3.8) is 0 Å². The zero-order chi connectivity index (χ0) is 15.7. The highest BCUT2D eigenvalue weighted by molar-refractivity contribution is 5.85. The first-order valence-corrected chi connectivity index (χ1v) is 8.79. The van der Waals surface area contributed by atoms with E-state index >= 15 is 0 Å². The number of nitrogens with two attached hydrogens (primary N) is 1. The highest BCUT2D eigenvalue weighted by atomic mass is 35.5. The molecule has 2 rings (SSSR count). The Labute approximate surface area is 146 Å². The molecule has 0 aromatic heterocycles. The first-order chi connectivity index (χ1) is 10.8. The molecule has 1 aromatic carbocycles. The van der Waals surface area contributed by atoms with E-state index in [0.29, 0.717) is 6.42 Å². The third-order valence-electron chi connectivity index (χ3n) is 4.93. The van der Waals surface area contributed by atoms with Crippen molar-refractivity contribution in [2.75, 3.05) is 13.1 Å². The standard InChI is InChI=1S/C19H30N2O.ClH/c20-15-9-2-1-6-12-18(22)21-16-19(13-7-8-14-19)17-10-4-3-5-11-17;/h3-5,10-11H,1-2,6-9,12-16,20H2,(H,21,22);1H. The zero-order valence-corrected chi connectivity index (χ0v) is 14.9. The van der Waals surface area contributed by atoms with E-state index in [-0.39, 0.29) is 23.7 Å². The van der Waals surface area contributed by atoms with Crippen molar-refractivity contribution >= 4 is 18.3 Å². The van der Waals surface area contributed by atoms with Crippen LogP contribution < -0.4 is 11.1 Å². The molecule has 1 aliphatic rings. The molecule has 1 saturated carbocycles. The quantitative estimate of drug-likeness (QED) is 0.670. The highest BCUT2D eigenvalue weighted by Crippen LogP contribution is 2.40. The minimum atomic E-state index is 0. The lowest BCUT2D eigenvalue weighted by Gasteiger charge is -2.30. The monoisotopic (exact) mass is 338 g/mol. The van der Waals surface area contributed by atoms with Crippen molar-refractivity contribution < 1.29 is 4.79 Å². The maximum absolute atomic E-state index is 12.1. The molecule has 0 spiro atoms. The van der Waals surface area contributed by atoms with E-state index in [4.69, 9.17) is 5.73 Å². The maximum Gasteiger partial charge on any atom is 0.220 e. The van der Waals surface area contributed by atoms with Crippen molar-refractivity contribution in [2.45, 2.75) is 63.2 Å². The van der Waals surface area contributed by atoms with Crippen molar-refractivity contribution in [1.82, 2.24) is 5.32 Å². The van der Waals surface area contributed by atoms with Gasteiger partial charge in [0.15, 0.2) is 0 Å². The molecule has 3 N–H and O–H groups in total. The maximum atomic E-state index is 12.1. The molecular formula is C19H31ClN2O. The number of hydrogen-bond acceptors (Lipinski definition) is 2. The van der Waals surface area contributed by atoms with Crippen molar-refractivity contribution in [3.8, 4) is 0 Å². The normalized spacial score (nSPS) is 15.9. The Kier molecular flexibility index (Phi) is 9.27. The van der Waals surface area contributed by atoms with Gasteiger partial charge in [-0.05, 0) is 37.8 Å². The fourth-order valence-electron chi connectivity index (χ4n) is 3.55. The van der Waals surface area contributed by atoms with E-state index in [1.165, 1.54) is 31.2 Å². The second-order valence-corrected chi connectivity index (χ2v) is 6.58. The molecule has 130 valence electrons. The third-order valence-corrected chi connectivity index (χ3v) is 4.93. The highest BCUT2D eigenvalue weighted by Gasteiger charge is 2.35. The summed E-state index contributed by atoms with van der Waals surface area (Å²) in [6, 6.07) is 10.7. The fraction of sp³-hybridized carbons (Fsp3) is 0.632. The van der Waals surface area contributed by atoms with Crippen LogP contribution in [0.4, 0.5) is 0 Å². The van der Waals surface area contributed by atoms with Gasteiger partial charge in [0.2, 0.25) is 5.91 Å². The lowest BCUT2D eigenvalue weighted by atomic mass is 9.79. The van der Waals surface area contributed by atoms with Crippen LogP contribution in [-0.2, 0) is 10.2 Å². The summed E-state index contributed by atoms with van der Waals surface area (Å²) in [4.78, 5) is 12.1. The van der Waals surface area contributed by atoms with Crippen molar-refractivity contribution in [3.05, 3.63) is 35.9 Å². The van der Waals surface area contributed by atoms with E-state index in [0.717, 1.165) is 38.8 Å². The first kappa shape index (κ1) is 20.0.